The normalized spacial score (nSPS) is 12.0. The summed E-state index contributed by atoms with van der Waals surface area (Å²) < 4.78 is 37.1. The Balaban J connectivity index is 3.28. The maximum absolute atomic E-state index is 13.3. The Hall–Kier alpha value is -1.18. The highest BCUT2D eigenvalue weighted by Crippen LogP contribution is 2.20. The number of nitrogens with two attached hydrogens (primary N) is 1. The molecule has 7 heteroatoms. The van der Waals surface area contributed by atoms with E-state index in [0.717, 1.165) is 12.1 Å². The van der Waals surface area contributed by atoms with E-state index in [2.05, 4.69) is 4.84 Å². The van der Waals surface area contributed by atoms with Crippen molar-refractivity contribution in [2.75, 3.05) is 19.9 Å². The molecule has 0 aliphatic carbocycles. The molecule has 0 atom stereocenters. The second-order valence-electron chi connectivity index (χ2n) is 2.79. The molecule has 1 aromatic rings. The molecule has 5 nitrogen and oxygen atoms in total. The Kier molecular flexibility index (Phi) is 3.28. The van der Waals surface area contributed by atoms with Crippen molar-refractivity contribution in [3.8, 4) is 0 Å². The van der Waals surface area contributed by atoms with Gasteiger partial charge in [0.15, 0.2) is 0 Å². The molecule has 0 bridgehead atoms. The number of halogens is 1. The molecule has 0 saturated carbocycles. The number of hydrogen-bond acceptors (Lipinski definition) is 4. The SMILES string of the molecule is CON(C)S(=O)(=O)c1ccc(N)cc1F. The van der Waals surface area contributed by atoms with Gasteiger partial charge in [-0.3, -0.25) is 4.84 Å². The van der Waals surface area contributed by atoms with Crippen LogP contribution in [0.1, 0.15) is 0 Å². The van der Waals surface area contributed by atoms with Gasteiger partial charge in [-0.2, -0.15) is 0 Å². The maximum atomic E-state index is 13.3. The van der Waals surface area contributed by atoms with E-state index in [9.17, 15) is 12.8 Å². The number of benzene rings is 1. The average molecular weight is 234 g/mol. The van der Waals surface area contributed by atoms with Crippen LogP contribution in [0.3, 0.4) is 0 Å². The van der Waals surface area contributed by atoms with Crippen LogP contribution in [0.5, 0.6) is 0 Å². The molecule has 0 radical (unpaired) electrons. The predicted molar refractivity (Wildman–Crippen MR) is 52.8 cm³/mol. The van der Waals surface area contributed by atoms with E-state index in [4.69, 9.17) is 5.73 Å². The number of nitrogens with zero attached hydrogens (tertiary/aromatic N) is 1. The third kappa shape index (κ3) is 2.25. The third-order valence-corrected chi connectivity index (χ3v) is 3.54. The van der Waals surface area contributed by atoms with Crippen LogP contribution in [0.2, 0.25) is 0 Å². The molecule has 0 heterocycles. The lowest BCUT2D eigenvalue weighted by Crippen LogP contribution is -2.26. The maximum Gasteiger partial charge on any atom is 0.267 e. The monoisotopic (exact) mass is 234 g/mol. The Morgan fingerprint density at radius 2 is 2.07 bits per heavy atom. The van der Waals surface area contributed by atoms with Gasteiger partial charge in [0.1, 0.15) is 10.7 Å². The minimum Gasteiger partial charge on any atom is -0.399 e. The third-order valence-electron chi connectivity index (χ3n) is 1.83. The Morgan fingerprint density at radius 1 is 1.47 bits per heavy atom. The molecule has 0 saturated heterocycles. The van der Waals surface area contributed by atoms with Crippen molar-refractivity contribution < 1.29 is 17.6 Å². The van der Waals surface area contributed by atoms with Gasteiger partial charge < -0.3 is 5.73 Å². The molecule has 0 fully saturated rings. The highest BCUT2D eigenvalue weighted by molar-refractivity contribution is 7.89. The molecule has 0 unspecified atom stereocenters. The fourth-order valence-electron chi connectivity index (χ4n) is 0.963. The van der Waals surface area contributed by atoms with Crippen LogP contribution < -0.4 is 5.73 Å². The number of anilines is 1. The van der Waals surface area contributed by atoms with Gasteiger partial charge in [0.05, 0.1) is 7.11 Å². The molecule has 0 aliphatic rings. The van der Waals surface area contributed by atoms with Gasteiger partial charge in [0.25, 0.3) is 10.0 Å². The van der Waals surface area contributed by atoms with Gasteiger partial charge in [0, 0.05) is 12.7 Å². The second kappa shape index (κ2) is 4.13. The number of sulfonamides is 1. The van der Waals surface area contributed by atoms with E-state index in [1.165, 1.54) is 20.2 Å². The molecule has 0 amide bonds. The standard InChI is InChI=1S/C8H11FN2O3S/c1-11(14-2)15(12,13)8-4-3-6(10)5-7(8)9/h3-5H,10H2,1-2H3. The fourth-order valence-corrected chi connectivity index (χ4v) is 1.98. The van der Waals surface area contributed by atoms with Crippen molar-refractivity contribution in [2.24, 2.45) is 0 Å². The summed E-state index contributed by atoms with van der Waals surface area (Å²) >= 11 is 0. The molecule has 1 aromatic carbocycles. The summed E-state index contributed by atoms with van der Waals surface area (Å²) in [6.07, 6.45) is 0. The smallest absolute Gasteiger partial charge is 0.267 e. The minimum atomic E-state index is -3.96. The van der Waals surface area contributed by atoms with Gasteiger partial charge in [-0.15, -0.1) is 0 Å². The summed E-state index contributed by atoms with van der Waals surface area (Å²) in [4.78, 5) is 4.03. The molecule has 0 aliphatic heterocycles. The number of hydroxylamine groups is 1. The largest absolute Gasteiger partial charge is 0.399 e. The number of rotatable bonds is 3. The summed E-state index contributed by atoms with van der Waals surface area (Å²) in [5.74, 6) is -0.904. The highest BCUT2D eigenvalue weighted by Gasteiger charge is 2.24. The van der Waals surface area contributed by atoms with Crippen LogP contribution in [-0.4, -0.2) is 27.0 Å². The Bertz CT molecular complexity index is 461. The molecule has 0 aromatic heterocycles. The zero-order valence-electron chi connectivity index (χ0n) is 8.27. The summed E-state index contributed by atoms with van der Waals surface area (Å²) in [6, 6.07) is 3.34. The van der Waals surface area contributed by atoms with Crippen LogP contribution >= 0.6 is 0 Å². The first kappa shape index (κ1) is 11.9. The molecular formula is C8H11FN2O3S. The average Bonchev–Trinajstić information content (AvgIpc) is 2.15. The number of hydrogen-bond donors (Lipinski definition) is 1. The summed E-state index contributed by atoms with van der Waals surface area (Å²) in [5, 5.41) is 0. The first-order valence-corrected chi connectivity index (χ1v) is 5.41. The lowest BCUT2D eigenvalue weighted by atomic mass is 10.3. The van der Waals surface area contributed by atoms with E-state index in [0.29, 0.717) is 4.47 Å². The lowest BCUT2D eigenvalue weighted by molar-refractivity contribution is -0.0260. The first-order valence-electron chi connectivity index (χ1n) is 3.97. The summed E-state index contributed by atoms with van der Waals surface area (Å²) in [5.41, 5.74) is 5.46. The van der Waals surface area contributed by atoms with E-state index >= 15 is 0 Å². The molecule has 1 rings (SSSR count). The van der Waals surface area contributed by atoms with E-state index in [1.54, 1.807) is 0 Å². The first-order chi connectivity index (χ1) is 6.89. The summed E-state index contributed by atoms with van der Waals surface area (Å²) in [6.45, 7) is 0. The lowest BCUT2D eigenvalue weighted by Gasteiger charge is -2.14. The van der Waals surface area contributed by atoms with Crippen molar-refractivity contribution in [2.45, 2.75) is 4.90 Å². The molecule has 0 spiro atoms. The fraction of sp³-hybridized carbons (Fsp3) is 0.250. The van der Waals surface area contributed by atoms with Crippen LogP contribution in [0.15, 0.2) is 23.1 Å². The topological polar surface area (TPSA) is 72.6 Å². The van der Waals surface area contributed by atoms with Crippen molar-refractivity contribution in [1.82, 2.24) is 4.47 Å². The second-order valence-corrected chi connectivity index (χ2v) is 4.69. The van der Waals surface area contributed by atoms with Gasteiger partial charge in [-0.25, -0.2) is 12.8 Å². The van der Waals surface area contributed by atoms with Crippen LogP contribution in [0, 0.1) is 5.82 Å². The van der Waals surface area contributed by atoms with E-state index < -0.39 is 20.7 Å². The zero-order valence-corrected chi connectivity index (χ0v) is 9.08. The zero-order chi connectivity index (χ0) is 11.6. The van der Waals surface area contributed by atoms with Crippen LogP contribution in [-0.2, 0) is 14.9 Å². The van der Waals surface area contributed by atoms with E-state index in [1.807, 2.05) is 0 Å². The van der Waals surface area contributed by atoms with Crippen molar-refractivity contribution in [1.29, 1.82) is 0 Å². The summed E-state index contributed by atoms with van der Waals surface area (Å²) in [7, 11) is -1.61. The van der Waals surface area contributed by atoms with Crippen molar-refractivity contribution in [3.05, 3.63) is 24.0 Å². The van der Waals surface area contributed by atoms with E-state index in [-0.39, 0.29) is 5.69 Å². The van der Waals surface area contributed by atoms with Gasteiger partial charge in [-0.1, -0.05) is 4.47 Å². The Morgan fingerprint density at radius 3 is 2.53 bits per heavy atom. The van der Waals surface area contributed by atoms with Gasteiger partial charge in [-0.05, 0) is 18.2 Å². The van der Waals surface area contributed by atoms with Crippen LogP contribution in [0.25, 0.3) is 0 Å². The van der Waals surface area contributed by atoms with Crippen molar-refractivity contribution in [3.63, 3.8) is 0 Å². The highest BCUT2D eigenvalue weighted by atomic mass is 32.2. The molecule has 84 valence electrons. The van der Waals surface area contributed by atoms with Crippen molar-refractivity contribution >= 4 is 15.7 Å². The minimum absolute atomic E-state index is 0.159. The predicted octanol–water partition coefficient (Wildman–Crippen LogP) is 0.590. The molecular weight excluding hydrogens is 223 g/mol. The molecule has 15 heavy (non-hydrogen) atoms. The number of nitrogen functional groups attached to an aromatic ring is 1. The molecule has 2 N–H and O–H groups in total. The van der Waals surface area contributed by atoms with Crippen LogP contribution in [0.4, 0.5) is 10.1 Å². The van der Waals surface area contributed by atoms with Gasteiger partial charge >= 0.3 is 0 Å². The quantitative estimate of drug-likeness (QED) is 0.613. The Labute approximate surface area is 87.3 Å². The van der Waals surface area contributed by atoms with Gasteiger partial charge in [0.2, 0.25) is 0 Å².